The normalized spacial score (nSPS) is 14.4. The highest BCUT2D eigenvalue weighted by molar-refractivity contribution is 6.14. The van der Waals surface area contributed by atoms with Gasteiger partial charge in [0.25, 0.3) is 0 Å². The second-order valence-corrected chi connectivity index (χ2v) is 5.06. The van der Waals surface area contributed by atoms with Crippen LogP contribution in [0.1, 0.15) is 12.5 Å². The van der Waals surface area contributed by atoms with Crippen LogP contribution in [0.3, 0.4) is 0 Å². The lowest BCUT2D eigenvalue weighted by atomic mass is 10.0. The Morgan fingerprint density at radius 2 is 1.83 bits per heavy atom. The van der Waals surface area contributed by atoms with Gasteiger partial charge >= 0.3 is 6.18 Å². The number of hydrogen-bond donors (Lipinski definition) is 1. The third-order valence-corrected chi connectivity index (χ3v) is 3.33. The Morgan fingerprint density at radius 3 is 2.42 bits per heavy atom. The van der Waals surface area contributed by atoms with Crippen LogP contribution in [0, 0.1) is 5.41 Å². The van der Waals surface area contributed by atoms with Crippen molar-refractivity contribution in [3.05, 3.63) is 54.1 Å². The average Bonchev–Trinajstić information content (AvgIpc) is 2.85. The molecule has 2 heterocycles. The van der Waals surface area contributed by atoms with Crippen LogP contribution in [0.2, 0.25) is 0 Å². The van der Waals surface area contributed by atoms with Gasteiger partial charge in [-0.3, -0.25) is 5.41 Å². The summed E-state index contributed by atoms with van der Waals surface area (Å²) in [4.78, 5) is 11.6. The Kier molecular flexibility index (Phi) is 3.88. The summed E-state index contributed by atoms with van der Waals surface area (Å²) in [5.41, 5.74) is 0.639. The van der Waals surface area contributed by atoms with Gasteiger partial charge in [0.1, 0.15) is 12.1 Å². The van der Waals surface area contributed by atoms with Gasteiger partial charge in [0.15, 0.2) is 5.84 Å². The molecule has 1 aromatic carbocycles. The molecular formula is C16H11F3N4O. The molecule has 0 atom stereocenters. The highest BCUT2D eigenvalue weighted by atomic mass is 19.4. The van der Waals surface area contributed by atoms with Crippen molar-refractivity contribution >= 4 is 11.7 Å². The van der Waals surface area contributed by atoms with Crippen LogP contribution < -0.4 is 4.74 Å². The Morgan fingerprint density at radius 1 is 1.12 bits per heavy atom. The van der Waals surface area contributed by atoms with Gasteiger partial charge in [-0.05, 0) is 30.7 Å². The van der Waals surface area contributed by atoms with E-state index in [1.165, 1.54) is 30.9 Å². The van der Waals surface area contributed by atoms with Crippen molar-refractivity contribution in [2.75, 3.05) is 0 Å². The van der Waals surface area contributed by atoms with Gasteiger partial charge in [0.05, 0.1) is 5.56 Å². The molecule has 1 aliphatic rings. The van der Waals surface area contributed by atoms with Crippen molar-refractivity contribution in [1.29, 1.82) is 5.41 Å². The van der Waals surface area contributed by atoms with E-state index in [9.17, 15) is 13.2 Å². The lowest BCUT2D eigenvalue weighted by Gasteiger charge is -2.13. The standard InChI is InChI=1S/C16H11F3N4O/c1-9-4-14(23-15(9)20)24-13-5-11(16(17,18)19)2-3-12(13)10-6-21-8-22-7-10/h2-8,20H,1H3. The number of aliphatic imine (C=N–C) groups is 1. The van der Waals surface area contributed by atoms with E-state index in [2.05, 4.69) is 15.0 Å². The molecule has 8 heteroatoms. The van der Waals surface area contributed by atoms with Crippen LogP contribution >= 0.6 is 0 Å². The predicted octanol–water partition coefficient (Wildman–Crippen LogP) is 3.88. The van der Waals surface area contributed by atoms with Gasteiger partial charge < -0.3 is 4.74 Å². The molecule has 122 valence electrons. The minimum Gasteiger partial charge on any atom is -0.438 e. The fourth-order valence-corrected chi connectivity index (χ4v) is 2.11. The van der Waals surface area contributed by atoms with Crippen molar-refractivity contribution in [1.82, 2.24) is 9.97 Å². The number of alkyl halides is 3. The molecule has 0 unspecified atom stereocenters. The van der Waals surface area contributed by atoms with E-state index in [4.69, 9.17) is 10.1 Å². The summed E-state index contributed by atoms with van der Waals surface area (Å²) in [5.74, 6) is 0.0496. The van der Waals surface area contributed by atoms with E-state index in [1.807, 2.05) is 0 Å². The highest BCUT2D eigenvalue weighted by Crippen LogP contribution is 2.37. The molecule has 0 saturated carbocycles. The first-order valence-electron chi connectivity index (χ1n) is 6.85. The first kappa shape index (κ1) is 15.9. The number of rotatable bonds is 2. The summed E-state index contributed by atoms with van der Waals surface area (Å²) >= 11 is 0. The van der Waals surface area contributed by atoms with Crippen molar-refractivity contribution < 1.29 is 17.9 Å². The predicted molar refractivity (Wildman–Crippen MR) is 82.0 cm³/mol. The quantitative estimate of drug-likeness (QED) is 0.907. The molecule has 24 heavy (non-hydrogen) atoms. The van der Waals surface area contributed by atoms with Crippen LogP contribution in [-0.4, -0.2) is 21.7 Å². The molecule has 0 fully saturated rings. The third kappa shape index (κ3) is 3.17. The van der Waals surface area contributed by atoms with E-state index in [0.29, 0.717) is 16.7 Å². The molecule has 2 aromatic rings. The average molecular weight is 332 g/mol. The first-order valence-corrected chi connectivity index (χ1v) is 6.85. The Hall–Kier alpha value is -3.03. The maximum Gasteiger partial charge on any atom is 0.416 e. The Balaban J connectivity index is 2.07. The fraction of sp³-hybridized carbons (Fsp3) is 0.125. The van der Waals surface area contributed by atoms with Gasteiger partial charge in [-0.25, -0.2) is 9.97 Å². The molecule has 0 saturated heterocycles. The Bertz CT molecular complexity index is 857. The SMILES string of the molecule is CC1=CC(Oc2cc(C(F)(F)F)ccc2-c2cncnc2)=NC1=N. The maximum atomic E-state index is 13.0. The van der Waals surface area contributed by atoms with Gasteiger partial charge in [-0.1, -0.05) is 0 Å². The summed E-state index contributed by atoms with van der Waals surface area (Å²) in [6.45, 7) is 1.67. The van der Waals surface area contributed by atoms with Crippen molar-refractivity contribution in [2.45, 2.75) is 13.1 Å². The largest absolute Gasteiger partial charge is 0.438 e. The smallest absolute Gasteiger partial charge is 0.416 e. The summed E-state index contributed by atoms with van der Waals surface area (Å²) in [6.07, 6.45) is 1.26. The van der Waals surface area contributed by atoms with Gasteiger partial charge in [-0.2, -0.15) is 18.2 Å². The Labute approximate surface area is 135 Å². The molecular weight excluding hydrogens is 321 g/mol. The maximum absolute atomic E-state index is 13.0. The molecule has 0 radical (unpaired) electrons. The lowest BCUT2D eigenvalue weighted by Crippen LogP contribution is -2.08. The summed E-state index contributed by atoms with van der Waals surface area (Å²) in [7, 11) is 0. The molecule has 1 aromatic heterocycles. The zero-order chi connectivity index (χ0) is 17.3. The number of amidine groups is 1. The van der Waals surface area contributed by atoms with Gasteiger partial charge in [0.2, 0.25) is 5.90 Å². The van der Waals surface area contributed by atoms with Crippen molar-refractivity contribution in [3.8, 4) is 16.9 Å². The van der Waals surface area contributed by atoms with E-state index in [0.717, 1.165) is 12.1 Å². The van der Waals surface area contributed by atoms with Crippen molar-refractivity contribution in [3.63, 3.8) is 0 Å². The number of halogens is 3. The number of aromatic nitrogens is 2. The summed E-state index contributed by atoms with van der Waals surface area (Å²) in [5, 5.41) is 7.57. The number of hydrogen-bond acceptors (Lipinski definition) is 4. The summed E-state index contributed by atoms with van der Waals surface area (Å²) in [6, 6.07) is 3.17. The highest BCUT2D eigenvalue weighted by Gasteiger charge is 2.31. The summed E-state index contributed by atoms with van der Waals surface area (Å²) < 4.78 is 44.5. The van der Waals surface area contributed by atoms with Crippen LogP contribution in [0.5, 0.6) is 5.75 Å². The van der Waals surface area contributed by atoms with Crippen molar-refractivity contribution in [2.24, 2.45) is 4.99 Å². The number of ether oxygens (including phenoxy) is 1. The second kappa shape index (κ2) is 5.88. The number of benzene rings is 1. The molecule has 5 nitrogen and oxygen atoms in total. The van der Waals surface area contributed by atoms with Gasteiger partial charge in [0, 0.05) is 29.6 Å². The zero-order valence-electron chi connectivity index (χ0n) is 12.4. The molecule has 0 spiro atoms. The molecule has 1 aliphatic heterocycles. The molecule has 0 aliphatic carbocycles. The minimum absolute atomic E-state index is 0.0153. The monoisotopic (exact) mass is 332 g/mol. The zero-order valence-corrected chi connectivity index (χ0v) is 12.4. The van der Waals surface area contributed by atoms with E-state index >= 15 is 0 Å². The topological polar surface area (TPSA) is 71.2 Å². The van der Waals surface area contributed by atoms with Gasteiger partial charge in [-0.15, -0.1) is 0 Å². The molecule has 0 amide bonds. The number of nitrogens with zero attached hydrogens (tertiary/aromatic N) is 3. The molecule has 0 bridgehead atoms. The molecule has 3 rings (SSSR count). The van der Waals surface area contributed by atoms with E-state index in [1.54, 1.807) is 6.92 Å². The van der Waals surface area contributed by atoms with E-state index < -0.39 is 11.7 Å². The number of nitrogens with one attached hydrogen (secondary N) is 1. The minimum atomic E-state index is -4.50. The van der Waals surface area contributed by atoms with Crippen LogP contribution in [0.25, 0.3) is 11.1 Å². The third-order valence-electron chi connectivity index (χ3n) is 3.33. The van der Waals surface area contributed by atoms with E-state index in [-0.39, 0.29) is 17.5 Å². The van der Waals surface area contributed by atoms with Crippen LogP contribution in [-0.2, 0) is 6.18 Å². The second-order valence-electron chi connectivity index (χ2n) is 5.06. The molecule has 1 N–H and O–H groups in total. The van der Waals surface area contributed by atoms with Crippen LogP contribution in [0.15, 0.2) is 53.6 Å². The van der Waals surface area contributed by atoms with Crippen LogP contribution in [0.4, 0.5) is 13.2 Å². The lowest BCUT2D eigenvalue weighted by molar-refractivity contribution is -0.137. The first-order chi connectivity index (χ1) is 11.3. The fourth-order valence-electron chi connectivity index (χ4n) is 2.11.